The second kappa shape index (κ2) is 6.80. The Morgan fingerprint density at radius 3 is 1.96 bits per heavy atom. The van der Waals surface area contributed by atoms with Crippen LogP contribution in [0.15, 0.2) is 84.9 Å². The first-order chi connectivity index (χ1) is 11.2. The van der Waals surface area contributed by atoms with Gasteiger partial charge in [0.1, 0.15) is 0 Å². The molecule has 23 heavy (non-hydrogen) atoms. The van der Waals surface area contributed by atoms with Gasteiger partial charge in [0, 0.05) is 13.5 Å². The summed E-state index contributed by atoms with van der Waals surface area (Å²) < 4.78 is 5.99. The van der Waals surface area contributed by atoms with Crippen LogP contribution in [-0.2, 0) is 16.8 Å². The van der Waals surface area contributed by atoms with E-state index in [1.807, 2.05) is 12.1 Å². The van der Waals surface area contributed by atoms with Crippen molar-refractivity contribution < 1.29 is 4.74 Å². The quantitative estimate of drug-likeness (QED) is 0.608. The van der Waals surface area contributed by atoms with Gasteiger partial charge in [-0.15, -0.1) is 0 Å². The molecule has 0 aliphatic heterocycles. The highest BCUT2D eigenvalue weighted by Crippen LogP contribution is 2.36. The third kappa shape index (κ3) is 3.35. The lowest BCUT2D eigenvalue weighted by Crippen LogP contribution is -2.28. The Labute approximate surface area is 138 Å². The predicted molar refractivity (Wildman–Crippen MR) is 96.4 cm³/mol. The van der Waals surface area contributed by atoms with Gasteiger partial charge in [-0.2, -0.15) is 0 Å². The lowest BCUT2D eigenvalue weighted by molar-refractivity contribution is 0.00269. The maximum Gasteiger partial charge on any atom is 0.0945 e. The molecule has 0 spiro atoms. The molecule has 3 aromatic carbocycles. The normalized spacial score (nSPS) is 13.5. The summed E-state index contributed by atoms with van der Waals surface area (Å²) >= 11 is 0. The summed E-state index contributed by atoms with van der Waals surface area (Å²) in [7, 11) is 1.80. The Morgan fingerprint density at radius 2 is 1.30 bits per heavy atom. The van der Waals surface area contributed by atoms with Crippen molar-refractivity contribution in [1.82, 2.24) is 0 Å². The van der Waals surface area contributed by atoms with Gasteiger partial charge in [0.05, 0.1) is 5.60 Å². The summed E-state index contributed by atoms with van der Waals surface area (Å²) in [4.78, 5) is 0. The van der Waals surface area contributed by atoms with Gasteiger partial charge in [0.2, 0.25) is 0 Å². The Kier molecular flexibility index (Phi) is 4.59. The van der Waals surface area contributed by atoms with Gasteiger partial charge in [-0.3, -0.25) is 0 Å². The molecular formula is C22H22O. The van der Waals surface area contributed by atoms with Crippen molar-refractivity contribution >= 4 is 0 Å². The fourth-order valence-electron chi connectivity index (χ4n) is 3.08. The van der Waals surface area contributed by atoms with E-state index in [-0.39, 0.29) is 5.60 Å². The molecule has 1 nitrogen and oxygen atoms in total. The van der Waals surface area contributed by atoms with Crippen molar-refractivity contribution in [1.29, 1.82) is 0 Å². The van der Waals surface area contributed by atoms with Crippen molar-refractivity contribution in [2.75, 3.05) is 7.11 Å². The molecule has 0 aromatic heterocycles. The average molecular weight is 302 g/mol. The van der Waals surface area contributed by atoms with Crippen molar-refractivity contribution in [3.8, 4) is 11.1 Å². The maximum atomic E-state index is 5.99. The SMILES string of the molecule is COC(C)(Cc1ccccc1)c1ccccc1-c1ccccc1. The summed E-state index contributed by atoms with van der Waals surface area (Å²) in [6.45, 7) is 2.17. The largest absolute Gasteiger partial charge is 0.373 e. The van der Waals surface area contributed by atoms with E-state index in [4.69, 9.17) is 4.74 Å². The number of ether oxygens (including phenoxy) is 1. The van der Waals surface area contributed by atoms with Gasteiger partial charge in [0.15, 0.2) is 0 Å². The molecule has 3 rings (SSSR count). The van der Waals surface area contributed by atoms with Gasteiger partial charge in [-0.1, -0.05) is 84.9 Å². The molecule has 0 saturated carbocycles. The minimum Gasteiger partial charge on any atom is -0.373 e. The Balaban J connectivity index is 2.05. The van der Waals surface area contributed by atoms with Crippen LogP contribution in [0.1, 0.15) is 18.1 Å². The minimum atomic E-state index is -0.367. The summed E-state index contributed by atoms with van der Waals surface area (Å²) in [6.07, 6.45) is 0.841. The topological polar surface area (TPSA) is 9.23 Å². The molecule has 1 unspecified atom stereocenters. The zero-order valence-electron chi connectivity index (χ0n) is 13.7. The van der Waals surface area contributed by atoms with Crippen LogP contribution in [0, 0.1) is 0 Å². The van der Waals surface area contributed by atoms with Crippen LogP contribution in [-0.4, -0.2) is 7.11 Å². The van der Waals surface area contributed by atoms with Crippen LogP contribution in [0.3, 0.4) is 0 Å². The van der Waals surface area contributed by atoms with E-state index < -0.39 is 0 Å². The molecule has 0 aliphatic carbocycles. The van der Waals surface area contributed by atoms with E-state index in [1.165, 1.54) is 22.3 Å². The molecule has 0 heterocycles. The minimum absolute atomic E-state index is 0.367. The molecule has 0 fully saturated rings. The fraction of sp³-hybridized carbons (Fsp3) is 0.182. The smallest absolute Gasteiger partial charge is 0.0945 e. The fourth-order valence-corrected chi connectivity index (χ4v) is 3.08. The third-order valence-electron chi connectivity index (χ3n) is 4.42. The lowest BCUT2D eigenvalue weighted by atomic mass is 9.84. The summed E-state index contributed by atoms with van der Waals surface area (Å²) in [5.41, 5.74) is 4.58. The van der Waals surface area contributed by atoms with Crippen LogP contribution in [0.25, 0.3) is 11.1 Å². The molecule has 0 aliphatic rings. The van der Waals surface area contributed by atoms with Crippen LogP contribution in [0.4, 0.5) is 0 Å². The van der Waals surface area contributed by atoms with E-state index in [0.717, 1.165) is 6.42 Å². The molecular weight excluding hydrogens is 280 g/mol. The standard InChI is InChI=1S/C22H22O/c1-22(23-2,17-18-11-5-3-6-12-18)21-16-10-9-15-20(21)19-13-7-4-8-14-19/h3-16H,17H2,1-2H3. The highest BCUT2D eigenvalue weighted by atomic mass is 16.5. The zero-order valence-corrected chi connectivity index (χ0v) is 13.7. The van der Waals surface area contributed by atoms with E-state index in [9.17, 15) is 0 Å². The van der Waals surface area contributed by atoms with Gasteiger partial charge < -0.3 is 4.74 Å². The zero-order chi connectivity index (χ0) is 16.1. The summed E-state index contributed by atoms with van der Waals surface area (Å²) in [6, 6.07) is 29.5. The molecule has 3 aromatic rings. The number of rotatable bonds is 5. The molecule has 0 N–H and O–H groups in total. The lowest BCUT2D eigenvalue weighted by Gasteiger charge is -2.31. The Hall–Kier alpha value is -2.38. The molecule has 0 amide bonds. The molecule has 1 heteroatoms. The first-order valence-electron chi connectivity index (χ1n) is 7.97. The predicted octanol–water partition coefficient (Wildman–Crippen LogP) is 5.46. The second-order valence-corrected chi connectivity index (χ2v) is 6.01. The molecule has 0 radical (unpaired) electrons. The van der Waals surface area contributed by atoms with Crippen molar-refractivity contribution in [3.63, 3.8) is 0 Å². The summed E-state index contributed by atoms with van der Waals surface area (Å²) in [5, 5.41) is 0. The van der Waals surface area contributed by atoms with Crippen LogP contribution >= 0.6 is 0 Å². The molecule has 116 valence electrons. The van der Waals surface area contributed by atoms with Gasteiger partial charge in [-0.25, -0.2) is 0 Å². The Morgan fingerprint density at radius 1 is 0.739 bits per heavy atom. The number of methoxy groups -OCH3 is 1. The molecule has 0 saturated heterocycles. The van der Waals surface area contributed by atoms with Crippen molar-refractivity contribution in [3.05, 3.63) is 96.1 Å². The molecule has 0 bridgehead atoms. The first kappa shape index (κ1) is 15.5. The molecule has 1 atom stereocenters. The van der Waals surface area contributed by atoms with E-state index >= 15 is 0 Å². The van der Waals surface area contributed by atoms with Crippen molar-refractivity contribution in [2.24, 2.45) is 0 Å². The Bertz CT molecular complexity index is 749. The summed E-state index contributed by atoms with van der Waals surface area (Å²) in [5.74, 6) is 0. The van der Waals surface area contributed by atoms with Gasteiger partial charge >= 0.3 is 0 Å². The van der Waals surface area contributed by atoms with Crippen molar-refractivity contribution in [2.45, 2.75) is 18.9 Å². The highest BCUT2D eigenvalue weighted by molar-refractivity contribution is 5.68. The third-order valence-corrected chi connectivity index (χ3v) is 4.42. The highest BCUT2D eigenvalue weighted by Gasteiger charge is 2.29. The first-order valence-corrected chi connectivity index (χ1v) is 7.97. The number of hydrogen-bond acceptors (Lipinski definition) is 1. The average Bonchev–Trinajstić information content (AvgIpc) is 2.63. The van der Waals surface area contributed by atoms with E-state index in [1.54, 1.807) is 7.11 Å². The van der Waals surface area contributed by atoms with Gasteiger partial charge in [0.25, 0.3) is 0 Å². The number of benzene rings is 3. The van der Waals surface area contributed by atoms with Gasteiger partial charge in [-0.05, 0) is 29.2 Å². The second-order valence-electron chi connectivity index (χ2n) is 6.01. The maximum absolute atomic E-state index is 5.99. The van der Waals surface area contributed by atoms with Crippen LogP contribution < -0.4 is 0 Å². The van der Waals surface area contributed by atoms with Crippen LogP contribution in [0.5, 0.6) is 0 Å². The monoisotopic (exact) mass is 302 g/mol. The van der Waals surface area contributed by atoms with Crippen LogP contribution in [0.2, 0.25) is 0 Å². The number of hydrogen-bond donors (Lipinski definition) is 0. The van der Waals surface area contributed by atoms with E-state index in [2.05, 4.69) is 79.7 Å². The van der Waals surface area contributed by atoms with E-state index in [0.29, 0.717) is 0 Å².